The number of hydrogen-bond acceptors (Lipinski definition) is 9. The van der Waals surface area contributed by atoms with Crippen LogP contribution in [0.25, 0.3) is 17.1 Å². The normalized spacial score (nSPS) is 11.4. The van der Waals surface area contributed by atoms with Crippen molar-refractivity contribution in [2.75, 3.05) is 7.05 Å². The van der Waals surface area contributed by atoms with Gasteiger partial charge in [-0.05, 0) is 30.3 Å². The van der Waals surface area contributed by atoms with Gasteiger partial charge in [0.2, 0.25) is 0 Å². The van der Waals surface area contributed by atoms with E-state index in [0.717, 1.165) is 23.7 Å². The molecule has 2 aromatic carbocycles. The Balaban J connectivity index is 1.85. The summed E-state index contributed by atoms with van der Waals surface area (Å²) in [6, 6.07) is 11.9. The minimum atomic E-state index is -4.61. The van der Waals surface area contributed by atoms with Crippen molar-refractivity contribution in [3.8, 4) is 34.6 Å². The molecule has 0 spiro atoms. The van der Waals surface area contributed by atoms with Crippen LogP contribution in [-0.4, -0.2) is 60.7 Å². The highest BCUT2D eigenvalue weighted by molar-refractivity contribution is 7.89. The van der Waals surface area contributed by atoms with Crippen LogP contribution < -0.4 is 0 Å². The predicted octanol–water partition coefficient (Wildman–Crippen LogP) is 2.56. The fourth-order valence-corrected chi connectivity index (χ4v) is 4.57. The lowest BCUT2D eigenvalue weighted by atomic mass is 10.1. The van der Waals surface area contributed by atoms with Gasteiger partial charge in [0.1, 0.15) is 22.1 Å². The van der Waals surface area contributed by atoms with Crippen LogP contribution in [0.15, 0.2) is 65.7 Å². The second-order valence-corrected chi connectivity index (χ2v) is 9.29. The van der Waals surface area contributed by atoms with Crippen LogP contribution in [0.5, 0.6) is 17.5 Å². The molecule has 0 aliphatic heterocycles. The monoisotopic (exact) mass is 501 g/mol. The van der Waals surface area contributed by atoms with Crippen molar-refractivity contribution in [1.82, 2.24) is 24.1 Å². The summed E-state index contributed by atoms with van der Waals surface area (Å²) >= 11 is 6.21. The van der Waals surface area contributed by atoms with Crippen LogP contribution in [-0.2, 0) is 10.0 Å². The van der Waals surface area contributed by atoms with Gasteiger partial charge in [0.15, 0.2) is 5.82 Å². The summed E-state index contributed by atoms with van der Waals surface area (Å²) in [7, 11) is -3.60. The number of rotatable bonds is 5. The molecule has 1 amide bonds. The molecule has 0 saturated carbocycles. The predicted molar refractivity (Wildman–Crippen MR) is 120 cm³/mol. The number of para-hydroxylation sites is 1. The number of phenols is 2. The van der Waals surface area contributed by atoms with Crippen LogP contribution in [0, 0.1) is 0 Å². The Morgan fingerprint density at radius 3 is 2.38 bits per heavy atom. The summed E-state index contributed by atoms with van der Waals surface area (Å²) in [4.78, 5) is 15.8. The zero-order valence-corrected chi connectivity index (χ0v) is 18.9. The topological polar surface area (TPSA) is 159 Å². The number of pyridine rings is 1. The lowest BCUT2D eigenvalue weighted by Gasteiger charge is -2.19. The zero-order chi connectivity index (χ0) is 24.6. The van der Waals surface area contributed by atoms with Crippen molar-refractivity contribution < 1.29 is 28.5 Å². The first kappa shape index (κ1) is 23.0. The fraction of sp³-hybridized carbons (Fsp3) is 0.0476. The van der Waals surface area contributed by atoms with Gasteiger partial charge in [-0.25, -0.2) is 17.3 Å². The molecule has 2 aromatic heterocycles. The summed E-state index contributed by atoms with van der Waals surface area (Å²) in [6.45, 7) is 0. The SMILES string of the molecule is CN(C(=O)c1ccccn1)S(=O)(=O)c1cc(-c2nnc(O)n2-c2ccccc2Cl)c(O)cc1O. The Labute approximate surface area is 198 Å². The van der Waals surface area contributed by atoms with E-state index in [2.05, 4.69) is 15.2 Å². The summed E-state index contributed by atoms with van der Waals surface area (Å²) in [5, 5.41) is 38.7. The minimum Gasteiger partial charge on any atom is -0.507 e. The average molecular weight is 502 g/mol. The average Bonchev–Trinajstić information content (AvgIpc) is 3.19. The molecule has 2 heterocycles. The quantitative estimate of drug-likeness (QED) is 0.373. The van der Waals surface area contributed by atoms with E-state index < -0.39 is 38.3 Å². The van der Waals surface area contributed by atoms with Crippen molar-refractivity contribution in [1.29, 1.82) is 0 Å². The Hall–Kier alpha value is -4.16. The van der Waals surface area contributed by atoms with Crippen LogP contribution in [0.2, 0.25) is 5.02 Å². The third-order valence-corrected chi connectivity index (χ3v) is 6.96. The standard InChI is InChI=1S/C21H16ClN5O6S/c1-26(20(30)14-7-4-5-9-23-14)34(32,33)18-10-12(16(28)11-17(18)29)19-24-25-21(31)27(19)15-8-3-2-6-13(15)22/h2-11,28-29H,1H3,(H,25,31). The number of halogens is 1. The third kappa shape index (κ3) is 3.89. The van der Waals surface area contributed by atoms with Crippen LogP contribution >= 0.6 is 11.6 Å². The first-order valence-electron chi connectivity index (χ1n) is 9.53. The number of carbonyl (C=O) groups is 1. The van der Waals surface area contributed by atoms with Gasteiger partial charge in [-0.1, -0.05) is 34.9 Å². The van der Waals surface area contributed by atoms with Crippen molar-refractivity contribution >= 4 is 27.5 Å². The van der Waals surface area contributed by atoms with E-state index in [0.29, 0.717) is 4.31 Å². The third-order valence-electron chi connectivity index (χ3n) is 4.87. The molecule has 0 aliphatic rings. The van der Waals surface area contributed by atoms with E-state index in [1.54, 1.807) is 30.3 Å². The minimum absolute atomic E-state index is 0.129. The molecule has 4 aromatic rings. The Bertz CT molecular complexity index is 1510. The van der Waals surface area contributed by atoms with E-state index in [4.69, 9.17) is 11.6 Å². The summed E-state index contributed by atoms with van der Waals surface area (Å²) in [5.74, 6) is -2.48. The number of phenolic OH excluding ortho intramolecular Hbond substituents is 2. The van der Waals surface area contributed by atoms with Gasteiger partial charge >= 0.3 is 6.01 Å². The molecule has 34 heavy (non-hydrogen) atoms. The van der Waals surface area contributed by atoms with Crippen molar-refractivity contribution in [2.45, 2.75) is 4.90 Å². The van der Waals surface area contributed by atoms with Crippen molar-refractivity contribution in [3.63, 3.8) is 0 Å². The van der Waals surface area contributed by atoms with Gasteiger partial charge < -0.3 is 15.3 Å². The first-order valence-corrected chi connectivity index (χ1v) is 11.3. The van der Waals surface area contributed by atoms with Gasteiger partial charge in [0.05, 0.1) is 16.3 Å². The van der Waals surface area contributed by atoms with Gasteiger partial charge in [-0.15, -0.1) is 5.10 Å². The maximum absolute atomic E-state index is 13.2. The molecule has 0 unspecified atom stereocenters. The number of aromatic nitrogens is 4. The number of amides is 1. The van der Waals surface area contributed by atoms with Gasteiger partial charge in [0.25, 0.3) is 15.9 Å². The summed E-state index contributed by atoms with van der Waals surface area (Å²) in [5.41, 5.74) is -0.0840. The molecule has 0 radical (unpaired) electrons. The van der Waals surface area contributed by atoms with E-state index >= 15 is 0 Å². The Morgan fingerprint density at radius 2 is 1.71 bits per heavy atom. The molecule has 13 heteroatoms. The molecule has 0 saturated heterocycles. The number of aromatic hydroxyl groups is 3. The molecule has 0 fully saturated rings. The molecule has 0 aliphatic carbocycles. The van der Waals surface area contributed by atoms with Crippen molar-refractivity contribution in [2.24, 2.45) is 0 Å². The van der Waals surface area contributed by atoms with E-state index in [9.17, 15) is 28.5 Å². The molecule has 11 nitrogen and oxygen atoms in total. The molecule has 174 valence electrons. The lowest BCUT2D eigenvalue weighted by molar-refractivity contribution is 0.0877. The summed E-state index contributed by atoms with van der Waals surface area (Å²) in [6.07, 6.45) is 1.33. The van der Waals surface area contributed by atoms with Gasteiger partial charge in [-0.3, -0.25) is 9.78 Å². The molecule has 0 atom stereocenters. The highest BCUT2D eigenvalue weighted by atomic mass is 35.5. The second kappa shape index (κ2) is 8.65. The van der Waals surface area contributed by atoms with Gasteiger partial charge in [0, 0.05) is 19.3 Å². The van der Waals surface area contributed by atoms with Crippen molar-refractivity contribution in [3.05, 3.63) is 71.5 Å². The highest BCUT2D eigenvalue weighted by Crippen LogP contribution is 2.39. The number of nitrogens with zero attached hydrogens (tertiary/aromatic N) is 5. The molecular formula is C21H16ClN5O6S. The number of benzene rings is 2. The Kier molecular flexibility index (Phi) is 5.85. The smallest absolute Gasteiger partial charge is 0.319 e. The summed E-state index contributed by atoms with van der Waals surface area (Å²) < 4.78 is 27.9. The second-order valence-electron chi connectivity index (χ2n) is 6.94. The molecule has 3 N–H and O–H groups in total. The van der Waals surface area contributed by atoms with E-state index in [-0.39, 0.29) is 27.8 Å². The van der Waals surface area contributed by atoms with Crippen LogP contribution in [0.4, 0.5) is 0 Å². The van der Waals surface area contributed by atoms with E-state index in [1.165, 1.54) is 18.3 Å². The first-order chi connectivity index (χ1) is 16.1. The van der Waals surface area contributed by atoms with Crippen LogP contribution in [0.3, 0.4) is 0 Å². The molecular weight excluding hydrogens is 486 g/mol. The molecule has 4 rings (SSSR count). The fourth-order valence-electron chi connectivity index (χ4n) is 3.16. The van der Waals surface area contributed by atoms with Gasteiger partial charge in [-0.2, -0.15) is 0 Å². The highest BCUT2D eigenvalue weighted by Gasteiger charge is 2.32. The maximum Gasteiger partial charge on any atom is 0.319 e. The zero-order valence-electron chi connectivity index (χ0n) is 17.4. The largest absolute Gasteiger partial charge is 0.507 e. The number of hydrogen-bond donors (Lipinski definition) is 3. The lowest BCUT2D eigenvalue weighted by Crippen LogP contribution is -2.33. The maximum atomic E-state index is 13.2. The molecule has 0 bridgehead atoms. The number of carbonyl (C=O) groups excluding carboxylic acids is 1. The van der Waals surface area contributed by atoms with Crippen LogP contribution in [0.1, 0.15) is 10.5 Å². The Morgan fingerprint density at radius 1 is 1.00 bits per heavy atom. The van der Waals surface area contributed by atoms with E-state index in [1.807, 2.05) is 0 Å². The number of sulfonamides is 1.